The first-order valence-electron chi connectivity index (χ1n) is 7.90. The second-order valence-corrected chi connectivity index (χ2v) is 7.45. The van der Waals surface area contributed by atoms with Gasteiger partial charge in [0.05, 0.1) is 17.7 Å². The molecule has 0 spiro atoms. The van der Waals surface area contributed by atoms with Crippen molar-refractivity contribution < 1.29 is 9.53 Å². The molecule has 130 valence electrons. The maximum Gasteiger partial charge on any atom is 0.263 e. The van der Waals surface area contributed by atoms with Crippen LogP contribution < -0.4 is 10.1 Å². The highest BCUT2D eigenvalue weighted by Gasteiger charge is 2.19. The Balaban J connectivity index is 1.78. The number of ether oxygens (including phenoxy) is 1. The number of fused-ring (bicyclic) bond motifs is 1. The van der Waals surface area contributed by atoms with Crippen LogP contribution in [-0.2, 0) is 0 Å². The zero-order valence-electron chi connectivity index (χ0n) is 13.8. The number of carbonyl (C=O) groups excluding carboxylic acids is 1. The Morgan fingerprint density at radius 2 is 1.92 bits per heavy atom. The van der Waals surface area contributed by atoms with Gasteiger partial charge in [0.25, 0.3) is 5.91 Å². The predicted molar refractivity (Wildman–Crippen MR) is 105 cm³/mol. The highest BCUT2D eigenvalue weighted by molar-refractivity contribution is 7.21. The summed E-state index contributed by atoms with van der Waals surface area (Å²) < 4.78 is 6.34. The van der Waals surface area contributed by atoms with Gasteiger partial charge in [-0.15, -0.1) is 11.3 Å². The summed E-state index contributed by atoms with van der Waals surface area (Å²) in [6, 6.07) is 13.0. The third kappa shape index (κ3) is 3.92. The van der Waals surface area contributed by atoms with Crippen LogP contribution in [0, 0.1) is 0 Å². The summed E-state index contributed by atoms with van der Waals surface area (Å²) in [6.45, 7) is 4.50. The van der Waals surface area contributed by atoms with E-state index < -0.39 is 0 Å². The molecular formula is C19H17Cl2NO2S. The molecule has 1 N–H and O–H groups in total. The molecular weight excluding hydrogens is 377 g/mol. The van der Waals surface area contributed by atoms with Gasteiger partial charge in [-0.25, -0.2) is 0 Å². The number of hydrogen-bond donors (Lipinski definition) is 1. The van der Waals surface area contributed by atoms with Crippen LogP contribution in [0.25, 0.3) is 10.1 Å². The summed E-state index contributed by atoms with van der Waals surface area (Å²) in [6.07, 6.45) is 0. The molecule has 0 radical (unpaired) electrons. The van der Waals surface area contributed by atoms with E-state index in [0.717, 1.165) is 21.4 Å². The predicted octanol–water partition coefficient (Wildman–Crippen LogP) is 6.10. The van der Waals surface area contributed by atoms with E-state index in [1.165, 1.54) is 11.3 Å². The van der Waals surface area contributed by atoms with E-state index >= 15 is 0 Å². The smallest absolute Gasteiger partial charge is 0.263 e. The fourth-order valence-corrected chi connectivity index (χ4v) is 4.25. The van der Waals surface area contributed by atoms with Gasteiger partial charge < -0.3 is 10.1 Å². The van der Waals surface area contributed by atoms with Crippen molar-refractivity contribution in [2.75, 3.05) is 6.61 Å². The number of benzene rings is 2. The molecule has 0 fully saturated rings. The molecule has 3 aromatic rings. The van der Waals surface area contributed by atoms with E-state index in [4.69, 9.17) is 27.9 Å². The van der Waals surface area contributed by atoms with Crippen molar-refractivity contribution in [2.45, 2.75) is 19.9 Å². The third-order valence-corrected chi connectivity index (χ3v) is 5.73. The van der Waals surface area contributed by atoms with Crippen LogP contribution in [0.15, 0.2) is 42.5 Å². The minimum Gasteiger partial charge on any atom is -0.494 e. The SMILES string of the molecule is CCOc1ccc(C(C)NC(=O)c2sc3cc(Cl)ccc3c2Cl)cc1. The quantitative estimate of drug-likeness (QED) is 0.568. The molecule has 1 atom stereocenters. The van der Waals surface area contributed by atoms with Crippen LogP contribution in [0.1, 0.15) is 35.1 Å². The largest absolute Gasteiger partial charge is 0.494 e. The van der Waals surface area contributed by atoms with Crippen LogP contribution >= 0.6 is 34.5 Å². The standard InChI is InChI=1S/C19H17Cl2NO2S/c1-3-24-14-7-4-12(5-8-14)11(2)22-19(23)18-17(21)15-9-6-13(20)10-16(15)25-18/h4-11H,3H2,1-2H3,(H,22,23). The molecule has 0 saturated carbocycles. The minimum absolute atomic E-state index is 0.145. The highest BCUT2D eigenvalue weighted by Crippen LogP contribution is 2.37. The van der Waals surface area contributed by atoms with Crippen molar-refractivity contribution in [1.29, 1.82) is 0 Å². The van der Waals surface area contributed by atoms with E-state index in [-0.39, 0.29) is 11.9 Å². The van der Waals surface area contributed by atoms with Gasteiger partial charge in [0.15, 0.2) is 0 Å². The lowest BCUT2D eigenvalue weighted by molar-refractivity contribution is 0.0944. The van der Waals surface area contributed by atoms with Gasteiger partial charge in [0.1, 0.15) is 10.6 Å². The highest BCUT2D eigenvalue weighted by atomic mass is 35.5. The molecule has 3 rings (SSSR count). The van der Waals surface area contributed by atoms with Crippen LogP contribution in [0.4, 0.5) is 0 Å². The minimum atomic E-state index is -0.191. The van der Waals surface area contributed by atoms with Gasteiger partial charge in [-0.1, -0.05) is 41.4 Å². The summed E-state index contributed by atoms with van der Waals surface area (Å²) >= 11 is 13.7. The molecule has 0 bridgehead atoms. The van der Waals surface area contributed by atoms with E-state index in [1.807, 2.05) is 50.2 Å². The van der Waals surface area contributed by atoms with Crippen molar-refractivity contribution in [3.8, 4) is 5.75 Å². The summed E-state index contributed by atoms with van der Waals surface area (Å²) in [5.74, 6) is 0.623. The van der Waals surface area contributed by atoms with Crippen LogP contribution in [0.3, 0.4) is 0 Å². The van der Waals surface area contributed by atoms with Gasteiger partial charge >= 0.3 is 0 Å². The lowest BCUT2D eigenvalue weighted by Gasteiger charge is -2.14. The second kappa shape index (κ2) is 7.65. The summed E-state index contributed by atoms with van der Waals surface area (Å²) in [5, 5.41) is 4.93. The number of nitrogens with one attached hydrogen (secondary N) is 1. The summed E-state index contributed by atoms with van der Waals surface area (Å²) in [5.41, 5.74) is 0.997. The van der Waals surface area contributed by atoms with Crippen molar-refractivity contribution in [3.05, 3.63) is 63.0 Å². The molecule has 1 heterocycles. The number of rotatable bonds is 5. The normalized spacial score (nSPS) is 12.2. The van der Waals surface area contributed by atoms with Crippen molar-refractivity contribution >= 4 is 50.5 Å². The van der Waals surface area contributed by atoms with Crippen molar-refractivity contribution in [1.82, 2.24) is 5.32 Å². The lowest BCUT2D eigenvalue weighted by Crippen LogP contribution is -2.26. The number of carbonyl (C=O) groups is 1. The average molecular weight is 394 g/mol. The number of halogens is 2. The van der Waals surface area contributed by atoms with Gasteiger partial charge in [-0.3, -0.25) is 4.79 Å². The topological polar surface area (TPSA) is 38.3 Å². The Kier molecular flexibility index (Phi) is 5.52. The first-order chi connectivity index (χ1) is 12.0. The maximum atomic E-state index is 12.6. The molecule has 1 aromatic heterocycles. The van der Waals surface area contributed by atoms with Crippen LogP contribution in [0.2, 0.25) is 10.0 Å². The second-order valence-electron chi connectivity index (χ2n) is 5.58. The van der Waals surface area contributed by atoms with Crippen LogP contribution in [0.5, 0.6) is 5.75 Å². The summed E-state index contributed by atoms with van der Waals surface area (Å²) in [4.78, 5) is 13.1. The molecule has 0 saturated heterocycles. The Morgan fingerprint density at radius 1 is 1.20 bits per heavy atom. The number of hydrogen-bond acceptors (Lipinski definition) is 3. The molecule has 3 nitrogen and oxygen atoms in total. The number of amides is 1. The fraction of sp³-hybridized carbons (Fsp3) is 0.211. The molecule has 2 aromatic carbocycles. The molecule has 0 aliphatic heterocycles. The third-order valence-electron chi connectivity index (χ3n) is 3.84. The Bertz CT molecular complexity index is 906. The van der Waals surface area contributed by atoms with E-state index in [9.17, 15) is 4.79 Å². The van der Waals surface area contributed by atoms with Crippen molar-refractivity contribution in [3.63, 3.8) is 0 Å². The van der Waals surface area contributed by atoms with E-state index in [2.05, 4.69) is 5.32 Å². The Hall–Kier alpha value is -1.75. The van der Waals surface area contributed by atoms with E-state index in [0.29, 0.717) is 21.5 Å². The van der Waals surface area contributed by atoms with Crippen molar-refractivity contribution in [2.24, 2.45) is 0 Å². The van der Waals surface area contributed by atoms with Gasteiger partial charge in [0.2, 0.25) is 0 Å². The molecule has 6 heteroatoms. The molecule has 0 aliphatic rings. The first kappa shape index (κ1) is 18.1. The molecule has 25 heavy (non-hydrogen) atoms. The first-order valence-corrected chi connectivity index (χ1v) is 9.48. The molecule has 1 unspecified atom stereocenters. The molecule has 1 amide bonds. The van der Waals surface area contributed by atoms with Gasteiger partial charge in [0, 0.05) is 15.1 Å². The zero-order valence-corrected chi connectivity index (χ0v) is 16.1. The van der Waals surface area contributed by atoms with Gasteiger partial charge in [-0.05, 0) is 43.7 Å². The summed E-state index contributed by atoms with van der Waals surface area (Å²) in [7, 11) is 0. The number of thiophene rings is 1. The lowest BCUT2D eigenvalue weighted by atomic mass is 10.1. The monoisotopic (exact) mass is 393 g/mol. The zero-order chi connectivity index (χ0) is 18.0. The maximum absolute atomic E-state index is 12.6. The Morgan fingerprint density at radius 3 is 2.60 bits per heavy atom. The Labute approximate surface area is 160 Å². The van der Waals surface area contributed by atoms with Gasteiger partial charge in [-0.2, -0.15) is 0 Å². The fourth-order valence-electron chi connectivity index (χ4n) is 2.55. The average Bonchev–Trinajstić information content (AvgIpc) is 2.92. The van der Waals surface area contributed by atoms with Crippen LogP contribution in [-0.4, -0.2) is 12.5 Å². The van der Waals surface area contributed by atoms with E-state index in [1.54, 1.807) is 6.07 Å². The molecule has 0 aliphatic carbocycles.